The predicted octanol–water partition coefficient (Wildman–Crippen LogP) is -2.05. The number of carbonyl (C=O) groups excluding carboxylic acids is 2. The third-order valence-electron chi connectivity index (χ3n) is 1.26. The average Bonchev–Trinajstić information content (AvgIpc) is 2.01. The molecule has 0 saturated carbocycles. The fourth-order valence-electron chi connectivity index (χ4n) is 0.440. The number of carboxylic acid groups (broad SMARTS) is 1. The van der Waals surface area contributed by atoms with Crippen LogP contribution < -0.4 is 0 Å². The van der Waals surface area contributed by atoms with Crippen molar-refractivity contribution in [2.75, 3.05) is 6.61 Å². The number of aliphatic carboxylic acids is 1. The van der Waals surface area contributed by atoms with Crippen molar-refractivity contribution in [2.24, 2.45) is 0 Å². The number of aliphatic hydroxyl groups is 2. The van der Waals surface area contributed by atoms with Crippen LogP contribution in [0.3, 0.4) is 0 Å². The fourth-order valence-corrected chi connectivity index (χ4v) is 0.440. The van der Waals surface area contributed by atoms with E-state index < -0.39 is 29.7 Å². The maximum Gasteiger partial charge on any atom is 0.343 e. The van der Waals surface area contributed by atoms with E-state index in [1.807, 2.05) is 0 Å². The molecule has 0 rings (SSSR count). The summed E-state index contributed by atoms with van der Waals surface area (Å²) < 4.78 is 0. The molecular weight excluding hydrogens is 168 g/mol. The molecule has 0 amide bonds. The number of hydrogen-bond acceptors (Lipinski definition) is 5. The Morgan fingerprint density at radius 2 is 1.75 bits per heavy atom. The number of hydrogen-bond donors (Lipinski definition) is 3. The van der Waals surface area contributed by atoms with Crippen molar-refractivity contribution < 1.29 is 29.7 Å². The Bertz CT molecular complexity index is 228. The average molecular weight is 176 g/mol. The molecule has 6 nitrogen and oxygen atoms in total. The second-order valence-corrected chi connectivity index (χ2v) is 2.29. The van der Waals surface area contributed by atoms with Crippen molar-refractivity contribution in [2.45, 2.75) is 12.5 Å². The molecule has 0 aromatic rings. The highest BCUT2D eigenvalue weighted by molar-refractivity contribution is 6.44. The highest BCUT2D eigenvalue weighted by Gasteiger charge is 2.42. The van der Waals surface area contributed by atoms with E-state index in [1.165, 1.54) is 0 Å². The van der Waals surface area contributed by atoms with Gasteiger partial charge in [0.05, 0.1) is 0 Å². The monoisotopic (exact) mass is 176 g/mol. The van der Waals surface area contributed by atoms with Crippen LogP contribution in [0.15, 0.2) is 0 Å². The van der Waals surface area contributed by atoms with Gasteiger partial charge in [-0.1, -0.05) is 0 Å². The molecule has 0 saturated heterocycles. The number of ketones is 2. The first-order chi connectivity index (χ1) is 5.34. The van der Waals surface area contributed by atoms with E-state index in [0.29, 0.717) is 6.92 Å². The topological polar surface area (TPSA) is 112 Å². The van der Waals surface area contributed by atoms with Crippen molar-refractivity contribution in [3.63, 3.8) is 0 Å². The summed E-state index contributed by atoms with van der Waals surface area (Å²) in [6, 6.07) is 0. The van der Waals surface area contributed by atoms with Gasteiger partial charge in [-0.05, 0) is 6.92 Å². The molecule has 0 spiro atoms. The SMILES string of the molecule is C[C@@](O)(C(=O)O)C(=O)C(=O)CO. The lowest BCUT2D eigenvalue weighted by molar-refractivity contribution is -0.166. The number of Topliss-reactive ketones (excluding diaryl/α,β-unsaturated/α-hetero) is 2. The molecule has 12 heavy (non-hydrogen) atoms. The van der Waals surface area contributed by atoms with E-state index in [9.17, 15) is 14.4 Å². The zero-order chi connectivity index (χ0) is 9.94. The largest absolute Gasteiger partial charge is 0.479 e. The van der Waals surface area contributed by atoms with Gasteiger partial charge in [-0.2, -0.15) is 0 Å². The highest BCUT2D eigenvalue weighted by atomic mass is 16.4. The molecular formula is C6H8O6. The van der Waals surface area contributed by atoms with Gasteiger partial charge >= 0.3 is 5.97 Å². The van der Waals surface area contributed by atoms with E-state index in [1.54, 1.807) is 0 Å². The summed E-state index contributed by atoms with van der Waals surface area (Å²) in [7, 11) is 0. The van der Waals surface area contributed by atoms with Crippen LogP contribution in [-0.2, 0) is 14.4 Å². The molecule has 68 valence electrons. The van der Waals surface area contributed by atoms with E-state index in [0.717, 1.165) is 0 Å². The minimum atomic E-state index is -2.75. The van der Waals surface area contributed by atoms with Gasteiger partial charge in [0.1, 0.15) is 6.61 Å². The molecule has 1 atom stereocenters. The summed E-state index contributed by atoms with van der Waals surface area (Å²) in [4.78, 5) is 31.3. The number of carbonyl (C=O) groups is 3. The molecule has 0 radical (unpaired) electrons. The molecule has 0 unspecified atom stereocenters. The van der Waals surface area contributed by atoms with Crippen molar-refractivity contribution in [3.05, 3.63) is 0 Å². The fraction of sp³-hybridized carbons (Fsp3) is 0.500. The predicted molar refractivity (Wildman–Crippen MR) is 35.4 cm³/mol. The first-order valence-electron chi connectivity index (χ1n) is 2.98. The van der Waals surface area contributed by atoms with Crippen molar-refractivity contribution in [1.29, 1.82) is 0 Å². The normalized spacial score (nSPS) is 14.9. The second-order valence-electron chi connectivity index (χ2n) is 2.29. The van der Waals surface area contributed by atoms with E-state index >= 15 is 0 Å². The Balaban J connectivity index is 4.69. The summed E-state index contributed by atoms with van der Waals surface area (Å²) in [5, 5.41) is 25.3. The molecule has 0 aliphatic carbocycles. The van der Waals surface area contributed by atoms with Gasteiger partial charge in [-0.3, -0.25) is 9.59 Å². The van der Waals surface area contributed by atoms with Gasteiger partial charge in [0.25, 0.3) is 0 Å². The Morgan fingerprint density at radius 1 is 1.33 bits per heavy atom. The number of aliphatic hydroxyl groups excluding tert-OH is 1. The number of carboxylic acids is 1. The second kappa shape index (κ2) is 3.42. The third kappa shape index (κ3) is 1.86. The number of rotatable bonds is 4. The first kappa shape index (κ1) is 10.7. The lowest BCUT2D eigenvalue weighted by Crippen LogP contribution is -2.48. The van der Waals surface area contributed by atoms with Crippen LogP contribution in [0.4, 0.5) is 0 Å². The highest BCUT2D eigenvalue weighted by Crippen LogP contribution is 2.05. The van der Waals surface area contributed by atoms with E-state index in [-0.39, 0.29) is 0 Å². The molecule has 0 bridgehead atoms. The van der Waals surface area contributed by atoms with E-state index in [2.05, 4.69) is 0 Å². The van der Waals surface area contributed by atoms with Crippen LogP contribution in [0.25, 0.3) is 0 Å². The lowest BCUT2D eigenvalue weighted by atomic mass is 9.98. The smallest absolute Gasteiger partial charge is 0.343 e. The third-order valence-corrected chi connectivity index (χ3v) is 1.26. The van der Waals surface area contributed by atoms with Crippen molar-refractivity contribution in [3.8, 4) is 0 Å². The molecule has 0 fully saturated rings. The Hall–Kier alpha value is -1.27. The quantitative estimate of drug-likeness (QED) is 0.336. The molecule has 3 N–H and O–H groups in total. The van der Waals surface area contributed by atoms with Gasteiger partial charge < -0.3 is 15.3 Å². The minimum Gasteiger partial charge on any atom is -0.479 e. The summed E-state index contributed by atoms with van der Waals surface area (Å²) in [6.07, 6.45) is 0. The standard InChI is InChI=1S/C6H8O6/c1-6(12,5(10)11)4(9)3(8)2-7/h7,12H,2H2,1H3,(H,10,11)/t6-/m0/s1. The molecule has 0 aromatic carbocycles. The van der Waals surface area contributed by atoms with Gasteiger partial charge in [-0.25, -0.2) is 4.79 Å². The van der Waals surface area contributed by atoms with E-state index in [4.69, 9.17) is 15.3 Å². The maximum absolute atomic E-state index is 10.7. The first-order valence-corrected chi connectivity index (χ1v) is 2.98. The van der Waals surface area contributed by atoms with Gasteiger partial charge in [-0.15, -0.1) is 0 Å². The van der Waals surface area contributed by atoms with Crippen LogP contribution in [0, 0.1) is 0 Å². The summed E-state index contributed by atoms with van der Waals surface area (Å²) >= 11 is 0. The molecule has 6 heteroatoms. The van der Waals surface area contributed by atoms with Crippen molar-refractivity contribution >= 4 is 17.5 Å². The Morgan fingerprint density at radius 3 is 2.00 bits per heavy atom. The van der Waals surface area contributed by atoms with Crippen molar-refractivity contribution in [1.82, 2.24) is 0 Å². The van der Waals surface area contributed by atoms with Crippen LogP contribution in [-0.4, -0.2) is 45.1 Å². The lowest BCUT2D eigenvalue weighted by Gasteiger charge is -2.13. The summed E-state index contributed by atoms with van der Waals surface area (Å²) in [5.74, 6) is -4.69. The Kier molecular flexibility index (Phi) is 3.06. The van der Waals surface area contributed by atoms with Gasteiger partial charge in [0.15, 0.2) is 0 Å². The van der Waals surface area contributed by atoms with Gasteiger partial charge in [0, 0.05) is 0 Å². The van der Waals surface area contributed by atoms with Crippen LogP contribution >= 0.6 is 0 Å². The Labute approximate surface area is 67.4 Å². The van der Waals surface area contributed by atoms with Crippen LogP contribution in [0.5, 0.6) is 0 Å². The van der Waals surface area contributed by atoms with Crippen LogP contribution in [0.1, 0.15) is 6.92 Å². The molecule has 0 heterocycles. The molecule has 0 aromatic heterocycles. The van der Waals surface area contributed by atoms with Crippen LogP contribution in [0.2, 0.25) is 0 Å². The molecule has 0 aliphatic rings. The zero-order valence-electron chi connectivity index (χ0n) is 6.27. The summed E-state index contributed by atoms with van der Waals surface area (Å²) in [5.41, 5.74) is -2.75. The minimum absolute atomic E-state index is 0.672. The van der Waals surface area contributed by atoms with Gasteiger partial charge in [0.2, 0.25) is 17.2 Å². The molecule has 0 aliphatic heterocycles. The maximum atomic E-state index is 10.7. The zero-order valence-corrected chi connectivity index (χ0v) is 6.27. The summed E-state index contributed by atoms with van der Waals surface area (Å²) in [6.45, 7) is -0.437.